The van der Waals surface area contributed by atoms with Crippen LogP contribution in [-0.4, -0.2) is 15.4 Å². The number of hydrogen-bond acceptors (Lipinski definition) is 5. The number of anilines is 1. The molecule has 0 aromatic carbocycles. The van der Waals surface area contributed by atoms with Crippen molar-refractivity contribution in [3.8, 4) is 0 Å². The molecule has 1 saturated carbocycles. The number of furan rings is 1. The zero-order valence-corrected chi connectivity index (χ0v) is 10.5. The van der Waals surface area contributed by atoms with Crippen LogP contribution in [0.4, 0.5) is 5.13 Å². The topological polar surface area (TPSA) is 51.0 Å². The van der Waals surface area contributed by atoms with E-state index in [1.54, 1.807) is 6.26 Å². The molecule has 4 nitrogen and oxygen atoms in total. The first-order valence-corrected chi connectivity index (χ1v) is 6.71. The van der Waals surface area contributed by atoms with Crippen LogP contribution < -0.4 is 5.32 Å². The van der Waals surface area contributed by atoms with Crippen molar-refractivity contribution in [2.45, 2.75) is 38.1 Å². The second-order valence-electron chi connectivity index (χ2n) is 4.56. The number of rotatable bonds is 5. The van der Waals surface area contributed by atoms with Gasteiger partial charge in [0.2, 0.25) is 5.13 Å². The van der Waals surface area contributed by atoms with Crippen molar-refractivity contribution in [3.63, 3.8) is 0 Å². The Kier molecular flexibility index (Phi) is 2.84. The molecule has 1 fully saturated rings. The SMILES string of the molecule is CC(Cc1ccco1)Nc1nc(C2CC2)ns1. The van der Waals surface area contributed by atoms with Crippen molar-refractivity contribution >= 4 is 16.7 Å². The maximum absolute atomic E-state index is 5.32. The highest BCUT2D eigenvalue weighted by Gasteiger charge is 2.27. The van der Waals surface area contributed by atoms with E-state index in [-0.39, 0.29) is 0 Å². The van der Waals surface area contributed by atoms with Crippen molar-refractivity contribution in [1.29, 1.82) is 0 Å². The summed E-state index contributed by atoms with van der Waals surface area (Å²) in [4.78, 5) is 4.51. The first-order chi connectivity index (χ1) is 8.31. The van der Waals surface area contributed by atoms with Crippen LogP contribution in [0.2, 0.25) is 0 Å². The van der Waals surface area contributed by atoms with Gasteiger partial charge < -0.3 is 9.73 Å². The Morgan fingerprint density at radius 3 is 3.18 bits per heavy atom. The molecule has 2 aromatic heterocycles. The van der Waals surface area contributed by atoms with Gasteiger partial charge in [0, 0.05) is 29.9 Å². The molecular formula is C12H15N3OS. The van der Waals surface area contributed by atoms with Crippen LogP contribution in [0.15, 0.2) is 22.8 Å². The fraction of sp³-hybridized carbons (Fsp3) is 0.500. The average molecular weight is 249 g/mol. The average Bonchev–Trinajstić information content (AvgIpc) is 2.84. The lowest BCUT2D eigenvalue weighted by Gasteiger charge is -2.10. The molecule has 0 aliphatic heterocycles. The van der Waals surface area contributed by atoms with E-state index < -0.39 is 0 Å². The number of nitrogens with zero attached hydrogens (tertiary/aromatic N) is 2. The molecular weight excluding hydrogens is 234 g/mol. The van der Waals surface area contributed by atoms with Gasteiger partial charge >= 0.3 is 0 Å². The van der Waals surface area contributed by atoms with E-state index in [0.29, 0.717) is 12.0 Å². The molecule has 0 radical (unpaired) electrons. The summed E-state index contributed by atoms with van der Waals surface area (Å²) in [7, 11) is 0. The van der Waals surface area contributed by atoms with Crippen LogP contribution in [-0.2, 0) is 6.42 Å². The lowest BCUT2D eigenvalue weighted by atomic mass is 10.2. The first kappa shape index (κ1) is 10.8. The van der Waals surface area contributed by atoms with Gasteiger partial charge in [-0.25, -0.2) is 4.98 Å². The minimum absolute atomic E-state index is 0.307. The van der Waals surface area contributed by atoms with Crippen LogP contribution in [0.1, 0.15) is 37.3 Å². The molecule has 90 valence electrons. The summed E-state index contributed by atoms with van der Waals surface area (Å²) >= 11 is 1.46. The molecule has 17 heavy (non-hydrogen) atoms. The van der Waals surface area contributed by atoms with E-state index in [2.05, 4.69) is 21.6 Å². The highest BCUT2D eigenvalue weighted by Crippen LogP contribution is 2.39. The smallest absolute Gasteiger partial charge is 0.202 e. The van der Waals surface area contributed by atoms with E-state index in [4.69, 9.17) is 4.42 Å². The molecule has 1 aliphatic rings. The molecule has 5 heteroatoms. The van der Waals surface area contributed by atoms with Crippen molar-refractivity contribution in [2.75, 3.05) is 5.32 Å². The van der Waals surface area contributed by atoms with Gasteiger partial charge in [-0.1, -0.05) is 0 Å². The summed E-state index contributed by atoms with van der Waals surface area (Å²) in [5.74, 6) is 2.64. The van der Waals surface area contributed by atoms with Crippen molar-refractivity contribution in [2.24, 2.45) is 0 Å². The summed E-state index contributed by atoms with van der Waals surface area (Å²) in [6, 6.07) is 4.22. The monoisotopic (exact) mass is 249 g/mol. The fourth-order valence-electron chi connectivity index (χ4n) is 1.79. The van der Waals surface area contributed by atoms with Crippen molar-refractivity contribution in [3.05, 3.63) is 30.0 Å². The Balaban J connectivity index is 1.57. The van der Waals surface area contributed by atoms with E-state index in [9.17, 15) is 0 Å². The van der Waals surface area contributed by atoms with E-state index in [1.807, 2.05) is 12.1 Å². The van der Waals surface area contributed by atoms with Crippen molar-refractivity contribution in [1.82, 2.24) is 9.36 Å². The zero-order chi connectivity index (χ0) is 11.7. The Morgan fingerprint density at radius 1 is 1.59 bits per heavy atom. The summed E-state index contributed by atoms with van der Waals surface area (Å²) in [6.07, 6.45) is 5.07. The molecule has 0 saturated heterocycles. The molecule has 0 spiro atoms. The second kappa shape index (κ2) is 4.49. The van der Waals surface area contributed by atoms with Crippen LogP contribution in [0, 0.1) is 0 Å². The minimum Gasteiger partial charge on any atom is -0.469 e. The largest absolute Gasteiger partial charge is 0.469 e. The van der Waals surface area contributed by atoms with E-state index in [1.165, 1.54) is 24.4 Å². The first-order valence-electron chi connectivity index (χ1n) is 5.94. The Labute approximate surface area is 104 Å². The van der Waals surface area contributed by atoms with Gasteiger partial charge in [0.25, 0.3) is 0 Å². The normalized spacial score (nSPS) is 17.0. The molecule has 3 rings (SSSR count). The highest BCUT2D eigenvalue weighted by atomic mass is 32.1. The Hall–Kier alpha value is -1.36. The maximum atomic E-state index is 5.32. The molecule has 0 amide bonds. The van der Waals surface area contributed by atoms with Gasteiger partial charge in [-0.3, -0.25) is 0 Å². The van der Waals surface area contributed by atoms with Crippen LogP contribution in [0.3, 0.4) is 0 Å². The quantitative estimate of drug-likeness (QED) is 0.884. The lowest BCUT2D eigenvalue weighted by Crippen LogP contribution is -2.17. The van der Waals surface area contributed by atoms with E-state index >= 15 is 0 Å². The number of nitrogens with one attached hydrogen (secondary N) is 1. The van der Waals surface area contributed by atoms with Crippen molar-refractivity contribution < 1.29 is 4.42 Å². The van der Waals surface area contributed by atoms with Crippen LogP contribution in [0.5, 0.6) is 0 Å². The third-order valence-electron chi connectivity index (χ3n) is 2.84. The van der Waals surface area contributed by atoms with Gasteiger partial charge in [-0.2, -0.15) is 4.37 Å². The lowest BCUT2D eigenvalue weighted by molar-refractivity contribution is 0.497. The molecule has 1 atom stereocenters. The Bertz CT molecular complexity index is 476. The van der Waals surface area contributed by atoms with E-state index in [0.717, 1.165) is 23.1 Å². The summed E-state index contributed by atoms with van der Waals surface area (Å²) < 4.78 is 9.70. The zero-order valence-electron chi connectivity index (χ0n) is 9.72. The fourth-order valence-corrected chi connectivity index (χ4v) is 2.55. The Morgan fingerprint density at radius 2 is 2.47 bits per heavy atom. The van der Waals surface area contributed by atoms with Gasteiger partial charge in [-0.15, -0.1) is 0 Å². The number of hydrogen-bond donors (Lipinski definition) is 1. The summed E-state index contributed by atoms with van der Waals surface area (Å²) in [5, 5.41) is 4.29. The molecule has 1 aliphatic carbocycles. The highest BCUT2D eigenvalue weighted by molar-refractivity contribution is 7.09. The minimum atomic E-state index is 0.307. The summed E-state index contributed by atoms with van der Waals surface area (Å²) in [5.41, 5.74) is 0. The predicted octanol–water partition coefficient (Wildman–Crippen LogP) is 3.05. The van der Waals surface area contributed by atoms with Crippen LogP contribution >= 0.6 is 11.5 Å². The van der Waals surface area contributed by atoms with Crippen LogP contribution in [0.25, 0.3) is 0 Å². The predicted molar refractivity (Wildman–Crippen MR) is 67.4 cm³/mol. The standard InChI is InChI=1S/C12H15N3OS/c1-8(7-10-3-2-6-16-10)13-12-14-11(15-17-12)9-4-5-9/h2-3,6,8-9H,4-5,7H2,1H3,(H,13,14,15). The summed E-state index contributed by atoms with van der Waals surface area (Å²) in [6.45, 7) is 2.13. The molecule has 0 bridgehead atoms. The molecule has 1 unspecified atom stereocenters. The second-order valence-corrected chi connectivity index (χ2v) is 5.31. The van der Waals surface area contributed by atoms with Gasteiger partial charge in [0.1, 0.15) is 11.6 Å². The van der Waals surface area contributed by atoms with Gasteiger partial charge in [-0.05, 0) is 31.9 Å². The van der Waals surface area contributed by atoms with Gasteiger partial charge in [0.05, 0.1) is 6.26 Å². The molecule has 2 heterocycles. The number of aromatic nitrogens is 2. The maximum Gasteiger partial charge on any atom is 0.202 e. The molecule has 2 aromatic rings. The third kappa shape index (κ3) is 2.66. The third-order valence-corrected chi connectivity index (χ3v) is 3.50. The molecule has 1 N–H and O–H groups in total. The van der Waals surface area contributed by atoms with Gasteiger partial charge in [0.15, 0.2) is 0 Å².